The van der Waals surface area contributed by atoms with Gasteiger partial charge in [0.25, 0.3) is 0 Å². The standard InChI is InChI=1S/C17H23NO5/c1-10-14-11(19)8-17(2,3)9-12(14)22-15(10)16(20)18-23-13-6-4-5-7-21-13/h13H,4-9H2,1-3H3,(H,18,20). The SMILES string of the molecule is Cc1c(C(=O)NOC2CCCCO2)oc2c1C(=O)CC(C)(C)C2. The van der Waals surface area contributed by atoms with Gasteiger partial charge in [-0.25, -0.2) is 10.3 Å². The normalized spacial score (nSPS) is 23.4. The first-order valence-corrected chi connectivity index (χ1v) is 8.10. The number of hydroxylamine groups is 1. The van der Waals surface area contributed by atoms with E-state index in [9.17, 15) is 9.59 Å². The van der Waals surface area contributed by atoms with Gasteiger partial charge >= 0.3 is 5.91 Å². The Labute approximate surface area is 135 Å². The fourth-order valence-corrected chi connectivity index (χ4v) is 3.27. The van der Waals surface area contributed by atoms with Crippen LogP contribution in [0.5, 0.6) is 0 Å². The van der Waals surface area contributed by atoms with Crippen molar-refractivity contribution in [1.82, 2.24) is 5.48 Å². The fourth-order valence-electron chi connectivity index (χ4n) is 3.27. The summed E-state index contributed by atoms with van der Waals surface area (Å²) in [5, 5.41) is 0. The van der Waals surface area contributed by atoms with E-state index in [1.165, 1.54) is 0 Å². The molecule has 2 aliphatic rings. The molecule has 0 radical (unpaired) electrons. The van der Waals surface area contributed by atoms with E-state index in [1.54, 1.807) is 6.92 Å². The van der Waals surface area contributed by atoms with Gasteiger partial charge in [0.1, 0.15) is 5.76 Å². The maximum Gasteiger partial charge on any atom is 0.310 e. The molecule has 1 aromatic rings. The molecule has 6 nitrogen and oxygen atoms in total. The lowest BCUT2D eigenvalue weighted by molar-refractivity contribution is -0.187. The van der Waals surface area contributed by atoms with E-state index in [2.05, 4.69) is 5.48 Å². The van der Waals surface area contributed by atoms with E-state index in [0.717, 1.165) is 19.3 Å². The van der Waals surface area contributed by atoms with Crippen LogP contribution in [0.25, 0.3) is 0 Å². The monoisotopic (exact) mass is 321 g/mol. The van der Waals surface area contributed by atoms with Gasteiger partial charge in [-0.1, -0.05) is 13.8 Å². The molecule has 1 atom stereocenters. The molecule has 0 bridgehead atoms. The van der Waals surface area contributed by atoms with Crippen molar-refractivity contribution < 1.29 is 23.6 Å². The lowest BCUT2D eigenvalue weighted by Crippen LogP contribution is -2.33. The average molecular weight is 321 g/mol. The van der Waals surface area contributed by atoms with Crippen molar-refractivity contribution in [1.29, 1.82) is 0 Å². The van der Waals surface area contributed by atoms with Gasteiger partial charge in [0, 0.05) is 31.4 Å². The number of carbonyl (C=O) groups is 2. The number of ether oxygens (including phenoxy) is 1. The van der Waals surface area contributed by atoms with Crippen LogP contribution in [0.1, 0.15) is 71.8 Å². The van der Waals surface area contributed by atoms with Crippen molar-refractivity contribution in [3.63, 3.8) is 0 Å². The van der Waals surface area contributed by atoms with Crippen molar-refractivity contribution in [2.75, 3.05) is 6.61 Å². The van der Waals surface area contributed by atoms with Crippen molar-refractivity contribution in [2.45, 2.75) is 59.2 Å². The number of ketones is 1. The largest absolute Gasteiger partial charge is 0.455 e. The molecule has 1 aromatic heterocycles. The number of amides is 1. The van der Waals surface area contributed by atoms with Gasteiger partial charge in [-0.15, -0.1) is 0 Å². The fraction of sp³-hybridized carbons (Fsp3) is 0.647. The highest BCUT2D eigenvalue weighted by Crippen LogP contribution is 2.38. The molecule has 6 heteroatoms. The number of Topliss-reactive ketones (excluding diaryl/α,β-unsaturated/α-hetero) is 1. The minimum atomic E-state index is -0.475. The van der Waals surface area contributed by atoms with Crippen LogP contribution in [0, 0.1) is 12.3 Å². The highest BCUT2D eigenvalue weighted by atomic mass is 16.8. The lowest BCUT2D eigenvalue weighted by atomic mass is 9.76. The molecule has 1 aliphatic carbocycles. The second kappa shape index (κ2) is 6.09. The van der Waals surface area contributed by atoms with E-state index in [1.807, 2.05) is 13.8 Å². The molecule has 126 valence electrons. The predicted octanol–water partition coefficient (Wildman–Crippen LogP) is 2.93. The van der Waals surface area contributed by atoms with Crippen molar-refractivity contribution in [3.8, 4) is 0 Å². The number of hydrogen-bond donors (Lipinski definition) is 1. The van der Waals surface area contributed by atoms with Crippen LogP contribution in [0.15, 0.2) is 4.42 Å². The number of carbonyl (C=O) groups excluding carboxylic acids is 2. The van der Waals surface area contributed by atoms with E-state index >= 15 is 0 Å². The molecule has 0 spiro atoms. The van der Waals surface area contributed by atoms with Crippen LogP contribution in [0.2, 0.25) is 0 Å². The summed E-state index contributed by atoms with van der Waals surface area (Å²) in [5.41, 5.74) is 3.39. The van der Waals surface area contributed by atoms with Gasteiger partial charge < -0.3 is 9.15 Å². The summed E-state index contributed by atoms with van der Waals surface area (Å²) in [7, 11) is 0. The molecule has 23 heavy (non-hydrogen) atoms. The van der Waals surface area contributed by atoms with Crippen molar-refractivity contribution >= 4 is 11.7 Å². The van der Waals surface area contributed by atoms with Gasteiger partial charge in [-0.3, -0.25) is 9.59 Å². The van der Waals surface area contributed by atoms with Gasteiger partial charge in [0.15, 0.2) is 17.8 Å². The van der Waals surface area contributed by atoms with Crippen LogP contribution < -0.4 is 5.48 Å². The molecular weight excluding hydrogens is 298 g/mol. The molecule has 1 N–H and O–H groups in total. The summed E-state index contributed by atoms with van der Waals surface area (Å²) >= 11 is 0. The summed E-state index contributed by atoms with van der Waals surface area (Å²) in [6, 6.07) is 0. The first-order valence-electron chi connectivity index (χ1n) is 8.10. The van der Waals surface area contributed by atoms with Crippen LogP contribution >= 0.6 is 0 Å². The summed E-state index contributed by atoms with van der Waals surface area (Å²) in [4.78, 5) is 29.9. The molecule has 1 aliphatic heterocycles. The molecule has 0 aromatic carbocycles. The van der Waals surface area contributed by atoms with Crippen LogP contribution in [-0.4, -0.2) is 24.6 Å². The van der Waals surface area contributed by atoms with Crippen molar-refractivity contribution in [3.05, 3.63) is 22.6 Å². The van der Waals surface area contributed by atoms with E-state index in [0.29, 0.717) is 36.3 Å². The summed E-state index contributed by atoms with van der Waals surface area (Å²) in [5.74, 6) is 0.310. The average Bonchev–Trinajstić information content (AvgIpc) is 2.81. The molecule has 1 fully saturated rings. The topological polar surface area (TPSA) is 77.8 Å². The Morgan fingerprint density at radius 2 is 2.09 bits per heavy atom. The second-order valence-electron chi connectivity index (χ2n) is 7.14. The zero-order chi connectivity index (χ0) is 16.6. The van der Waals surface area contributed by atoms with Crippen LogP contribution in [0.4, 0.5) is 0 Å². The first kappa shape index (κ1) is 16.2. The maximum atomic E-state index is 12.3. The summed E-state index contributed by atoms with van der Waals surface area (Å²) in [6.45, 7) is 6.42. The summed E-state index contributed by atoms with van der Waals surface area (Å²) < 4.78 is 11.1. The molecule has 1 saturated heterocycles. The molecule has 3 rings (SSSR count). The van der Waals surface area contributed by atoms with Gasteiger partial charge in [0.2, 0.25) is 0 Å². The minimum absolute atomic E-state index is 0.0353. The Morgan fingerprint density at radius 3 is 2.78 bits per heavy atom. The summed E-state index contributed by atoms with van der Waals surface area (Å²) in [6.07, 6.45) is 3.47. The number of hydrogen-bond acceptors (Lipinski definition) is 5. The van der Waals surface area contributed by atoms with Crippen molar-refractivity contribution in [2.24, 2.45) is 5.41 Å². The Kier molecular flexibility index (Phi) is 4.29. The van der Waals surface area contributed by atoms with E-state index < -0.39 is 12.2 Å². The molecule has 1 amide bonds. The number of rotatable bonds is 3. The number of furan rings is 1. The molecule has 2 heterocycles. The van der Waals surface area contributed by atoms with Crippen LogP contribution in [0.3, 0.4) is 0 Å². The van der Waals surface area contributed by atoms with Gasteiger partial charge in [0.05, 0.1) is 5.56 Å². The highest BCUT2D eigenvalue weighted by molar-refractivity contribution is 6.03. The first-order chi connectivity index (χ1) is 10.9. The molecule has 0 saturated carbocycles. The Morgan fingerprint density at radius 1 is 1.30 bits per heavy atom. The zero-order valence-corrected chi connectivity index (χ0v) is 13.9. The highest BCUT2D eigenvalue weighted by Gasteiger charge is 2.37. The van der Waals surface area contributed by atoms with Gasteiger partial charge in [-0.2, -0.15) is 0 Å². The Hall–Kier alpha value is -1.66. The van der Waals surface area contributed by atoms with Gasteiger partial charge in [-0.05, 0) is 25.2 Å². The third-order valence-electron chi connectivity index (χ3n) is 4.40. The second-order valence-corrected chi connectivity index (χ2v) is 7.14. The minimum Gasteiger partial charge on any atom is -0.455 e. The Balaban J connectivity index is 1.73. The quantitative estimate of drug-likeness (QED) is 0.866. The molecular formula is C17H23NO5. The number of fused-ring (bicyclic) bond motifs is 1. The lowest BCUT2D eigenvalue weighted by Gasteiger charge is -2.27. The molecule has 1 unspecified atom stereocenters. The predicted molar refractivity (Wildman–Crippen MR) is 82.0 cm³/mol. The Bertz CT molecular complexity index is 625. The van der Waals surface area contributed by atoms with Crippen LogP contribution in [-0.2, 0) is 16.0 Å². The maximum absolute atomic E-state index is 12.3. The third-order valence-corrected chi connectivity index (χ3v) is 4.40. The zero-order valence-electron chi connectivity index (χ0n) is 13.9. The van der Waals surface area contributed by atoms with E-state index in [-0.39, 0.29) is 17.0 Å². The third kappa shape index (κ3) is 3.33. The van der Waals surface area contributed by atoms with E-state index in [4.69, 9.17) is 14.0 Å². The smallest absolute Gasteiger partial charge is 0.310 e. The number of nitrogens with one attached hydrogen (secondary N) is 1.